The van der Waals surface area contributed by atoms with Gasteiger partial charge in [0.15, 0.2) is 11.0 Å². The third-order valence-corrected chi connectivity index (χ3v) is 3.00. The van der Waals surface area contributed by atoms with Gasteiger partial charge in [0.05, 0.1) is 4.90 Å². The van der Waals surface area contributed by atoms with Crippen LogP contribution >= 0.6 is 0 Å². The standard InChI is InChI=1S/C12H15NOS/c1-4-10(2)9-13-15(14)12-7-5-11(3)6-8-12/h4-9H,1-3H3/b10-4+,13-9+/t15-/m0/s1. The van der Waals surface area contributed by atoms with Crippen LogP contribution in [0.25, 0.3) is 0 Å². The minimum absolute atomic E-state index is 0.737. The molecular formula is C12H15NOS. The van der Waals surface area contributed by atoms with Gasteiger partial charge in [-0.05, 0) is 38.5 Å². The summed E-state index contributed by atoms with van der Waals surface area (Å²) < 4.78 is 15.6. The molecule has 80 valence electrons. The van der Waals surface area contributed by atoms with Gasteiger partial charge in [0, 0.05) is 6.21 Å². The Labute approximate surface area is 93.3 Å². The fourth-order valence-corrected chi connectivity index (χ4v) is 1.67. The van der Waals surface area contributed by atoms with Crippen LogP contribution in [-0.4, -0.2) is 10.4 Å². The van der Waals surface area contributed by atoms with Crippen molar-refractivity contribution in [2.24, 2.45) is 4.40 Å². The second-order valence-corrected chi connectivity index (χ2v) is 4.51. The molecule has 1 aromatic carbocycles. The van der Waals surface area contributed by atoms with Gasteiger partial charge in [-0.2, -0.15) is 4.40 Å². The first-order valence-corrected chi connectivity index (χ1v) is 5.89. The lowest BCUT2D eigenvalue weighted by molar-refractivity contribution is 0.684. The zero-order chi connectivity index (χ0) is 11.3. The molecule has 0 spiro atoms. The molecule has 0 radical (unpaired) electrons. The van der Waals surface area contributed by atoms with Crippen molar-refractivity contribution >= 4 is 17.2 Å². The molecule has 0 N–H and O–H groups in total. The molecule has 0 heterocycles. The molecule has 0 bridgehead atoms. The van der Waals surface area contributed by atoms with Gasteiger partial charge in [0.2, 0.25) is 0 Å². The van der Waals surface area contributed by atoms with Crippen molar-refractivity contribution in [3.63, 3.8) is 0 Å². The number of aryl methyl sites for hydroxylation is 1. The minimum Gasteiger partial charge on any atom is -0.229 e. The van der Waals surface area contributed by atoms with E-state index < -0.39 is 11.0 Å². The van der Waals surface area contributed by atoms with Crippen LogP contribution in [0.5, 0.6) is 0 Å². The van der Waals surface area contributed by atoms with E-state index in [-0.39, 0.29) is 0 Å². The van der Waals surface area contributed by atoms with Gasteiger partial charge in [-0.15, -0.1) is 0 Å². The van der Waals surface area contributed by atoms with Gasteiger partial charge in [0.25, 0.3) is 0 Å². The Morgan fingerprint density at radius 2 is 1.93 bits per heavy atom. The molecular weight excluding hydrogens is 206 g/mol. The summed E-state index contributed by atoms with van der Waals surface area (Å²) in [6, 6.07) is 7.55. The Balaban J connectivity index is 2.78. The molecule has 1 atom stereocenters. The predicted molar refractivity (Wildman–Crippen MR) is 65.5 cm³/mol. The van der Waals surface area contributed by atoms with E-state index in [9.17, 15) is 4.21 Å². The van der Waals surface area contributed by atoms with Gasteiger partial charge >= 0.3 is 0 Å². The van der Waals surface area contributed by atoms with Crippen LogP contribution < -0.4 is 0 Å². The third-order valence-electron chi connectivity index (χ3n) is 2.03. The van der Waals surface area contributed by atoms with E-state index in [0.717, 1.165) is 16.0 Å². The van der Waals surface area contributed by atoms with Gasteiger partial charge in [-0.1, -0.05) is 23.8 Å². The quantitative estimate of drug-likeness (QED) is 0.721. The molecule has 0 aliphatic carbocycles. The Bertz CT molecular complexity index is 404. The lowest BCUT2D eigenvalue weighted by Gasteiger charge is -1.96. The van der Waals surface area contributed by atoms with Crippen molar-refractivity contribution in [2.75, 3.05) is 0 Å². The number of rotatable bonds is 3. The van der Waals surface area contributed by atoms with Gasteiger partial charge in [0.1, 0.15) is 0 Å². The molecule has 0 aliphatic rings. The highest BCUT2D eigenvalue weighted by Gasteiger charge is 1.99. The molecule has 0 amide bonds. The Morgan fingerprint density at radius 1 is 1.33 bits per heavy atom. The number of benzene rings is 1. The molecule has 0 saturated heterocycles. The molecule has 0 fully saturated rings. The summed E-state index contributed by atoms with van der Waals surface area (Å²) in [7, 11) is -1.29. The van der Waals surface area contributed by atoms with Gasteiger partial charge < -0.3 is 0 Å². The van der Waals surface area contributed by atoms with Crippen LogP contribution in [0.2, 0.25) is 0 Å². The second kappa shape index (κ2) is 5.61. The zero-order valence-electron chi connectivity index (χ0n) is 9.23. The third kappa shape index (κ3) is 3.80. The van der Waals surface area contributed by atoms with Crippen molar-refractivity contribution in [2.45, 2.75) is 25.7 Å². The smallest absolute Gasteiger partial charge is 0.172 e. The van der Waals surface area contributed by atoms with Gasteiger partial charge in [-0.25, -0.2) is 4.21 Å². The highest BCUT2D eigenvalue weighted by molar-refractivity contribution is 7.83. The first-order valence-electron chi connectivity index (χ1n) is 4.79. The maximum absolute atomic E-state index is 11.7. The van der Waals surface area contributed by atoms with E-state index in [4.69, 9.17) is 0 Å². The largest absolute Gasteiger partial charge is 0.229 e. The van der Waals surface area contributed by atoms with Crippen LogP contribution in [0.4, 0.5) is 0 Å². The summed E-state index contributed by atoms with van der Waals surface area (Å²) in [5.41, 5.74) is 2.17. The molecule has 0 saturated carbocycles. The minimum atomic E-state index is -1.29. The number of allylic oxidation sites excluding steroid dienone is 2. The lowest BCUT2D eigenvalue weighted by Crippen LogP contribution is -1.88. The van der Waals surface area contributed by atoms with Crippen LogP contribution in [0.3, 0.4) is 0 Å². The maximum atomic E-state index is 11.7. The fourth-order valence-electron chi connectivity index (χ4n) is 0.921. The number of hydrogen-bond acceptors (Lipinski definition) is 1. The highest BCUT2D eigenvalue weighted by atomic mass is 32.2. The molecule has 1 rings (SSSR count). The normalized spacial score (nSPS) is 14.5. The summed E-state index contributed by atoms with van der Waals surface area (Å²) in [5, 5.41) is 0. The van der Waals surface area contributed by atoms with Crippen molar-refractivity contribution < 1.29 is 4.21 Å². The first kappa shape index (κ1) is 11.9. The van der Waals surface area contributed by atoms with E-state index in [1.807, 2.05) is 51.1 Å². The lowest BCUT2D eigenvalue weighted by atomic mass is 10.2. The summed E-state index contributed by atoms with van der Waals surface area (Å²) in [6.45, 7) is 5.85. The van der Waals surface area contributed by atoms with Crippen molar-refractivity contribution in [1.29, 1.82) is 0 Å². The fraction of sp³-hybridized carbons (Fsp3) is 0.250. The summed E-state index contributed by atoms with van der Waals surface area (Å²) >= 11 is 0. The van der Waals surface area contributed by atoms with E-state index in [0.29, 0.717) is 0 Å². The second-order valence-electron chi connectivity index (χ2n) is 3.33. The molecule has 2 nitrogen and oxygen atoms in total. The molecule has 0 unspecified atom stereocenters. The van der Waals surface area contributed by atoms with Crippen LogP contribution in [0.1, 0.15) is 19.4 Å². The molecule has 3 heteroatoms. The van der Waals surface area contributed by atoms with Crippen molar-refractivity contribution in [1.82, 2.24) is 0 Å². The van der Waals surface area contributed by atoms with E-state index in [2.05, 4.69) is 4.40 Å². The Morgan fingerprint density at radius 3 is 2.47 bits per heavy atom. The first-order chi connectivity index (χ1) is 7.13. The average molecular weight is 221 g/mol. The number of hydrogen-bond donors (Lipinski definition) is 0. The van der Waals surface area contributed by atoms with Crippen molar-refractivity contribution in [3.8, 4) is 0 Å². The average Bonchev–Trinajstić information content (AvgIpc) is 2.26. The van der Waals surface area contributed by atoms with Crippen LogP contribution in [0.15, 0.2) is 45.2 Å². The van der Waals surface area contributed by atoms with Crippen LogP contribution in [0, 0.1) is 6.92 Å². The van der Waals surface area contributed by atoms with E-state index >= 15 is 0 Å². The molecule has 15 heavy (non-hydrogen) atoms. The topological polar surface area (TPSA) is 29.4 Å². The number of nitrogens with zero attached hydrogens (tertiary/aromatic N) is 1. The maximum Gasteiger partial charge on any atom is 0.172 e. The molecule has 0 aromatic heterocycles. The van der Waals surface area contributed by atoms with Gasteiger partial charge in [-0.3, -0.25) is 0 Å². The van der Waals surface area contributed by atoms with E-state index in [1.165, 1.54) is 0 Å². The monoisotopic (exact) mass is 221 g/mol. The summed E-state index contributed by atoms with van der Waals surface area (Å²) in [5.74, 6) is 0. The molecule has 0 aliphatic heterocycles. The highest BCUT2D eigenvalue weighted by Crippen LogP contribution is 2.09. The van der Waals surface area contributed by atoms with Crippen molar-refractivity contribution in [3.05, 3.63) is 41.5 Å². The van der Waals surface area contributed by atoms with E-state index in [1.54, 1.807) is 6.21 Å². The zero-order valence-corrected chi connectivity index (χ0v) is 10.0. The SMILES string of the molecule is C/C=C(C)/C=N/[S@@](=O)c1ccc(C)cc1. The predicted octanol–water partition coefficient (Wildman–Crippen LogP) is 3.05. The summed E-state index contributed by atoms with van der Waals surface area (Å²) in [6.07, 6.45) is 3.56. The van der Waals surface area contributed by atoms with Crippen LogP contribution in [-0.2, 0) is 11.0 Å². The Hall–Kier alpha value is -1.22. The summed E-state index contributed by atoms with van der Waals surface area (Å²) in [4.78, 5) is 0.737. The molecule has 1 aromatic rings. The Kier molecular flexibility index (Phi) is 4.43.